The lowest BCUT2D eigenvalue weighted by Crippen LogP contribution is -2.31. The first-order valence-corrected chi connectivity index (χ1v) is 8.90. The van der Waals surface area contributed by atoms with Gasteiger partial charge in [-0.1, -0.05) is 18.2 Å². The Kier molecular flexibility index (Phi) is 4.11. The first kappa shape index (κ1) is 16.2. The molecule has 1 aliphatic rings. The van der Waals surface area contributed by atoms with Crippen LogP contribution in [0.1, 0.15) is 33.2 Å². The molecule has 0 aromatic heterocycles. The lowest BCUT2D eigenvalue weighted by atomic mass is 10.00. The third-order valence-corrected chi connectivity index (χ3v) is 5.25. The second-order valence-corrected chi connectivity index (χ2v) is 7.25. The van der Waals surface area contributed by atoms with Gasteiger partial charge in [0.2, 0.25) is 0 Å². The molecule has 0 unspecified atom stereocenters. The average molecular weight is 344 g/mol. The average Bonchev–Trinajstić information content (AvgIpc) is 2.55. The van der Waals surface area contributed by atoms with Crippen LogP contribution in [0.2, 0.25) is 0 Å². The molecule has 0 atom stereocenters. The van der Waals surface area contributed by atoms with Crippen molar-refractivity contribution in [2.45, 2.75) is 18.2 Å². The van der Waals surface area contributed by atoms with E-state index in [1.807, 2.05) is 0 Å². The molecule has 124 valence electrons. The van der Waals surface area contributed by atoms with Crippen LogP contribution in [0.3, 0.4) is 0 Å². The summed E-state index contributed by atoms with van der Waals surface area (Å²) in [4.78, 5) is 23.2. The molecule has 7 heteroatoms. The van der Waals surface area contributed by atoms with Crippen molar-refractivity contribution in [3.05, 3.63) is 59.2 Å². The van der Waals surface area contributed by atoms with Crippen molar-refractivity contribution < 1.29 is 18.0 Å². The summed E-state index contributed by atoms with van der Waals surface area (Å²) in [7, 11) is -3.79. The highest BCUT2D eigenvalue weighted by atomic mass is 32.2. The highest BCUT2D eigenvalue weighted by molar-refractivity contribution is 7.92. The predicted molar refractivity (Wildman–Crippen MR) is 89.7 cm³/mol. The van der Waals surface area contributed by atoms with Crippen molar-refractivity contribution in [3.63, 3.8) is 0 Å². The van der Waals surface area contributed by atoms with Gasteiger partial charge in [0.05, 0.1) is 4.90 Å². The highest BCUT2D eigenvalue weighted by Gasteiger charge is 2.19. The number of carbonyl (C=O) groups is 2. The van der Waals surface area contributed by atoms with Crippen LogP contribution < -0.4 is 10.0 Å². The molecule has 6 nitrogen and oxygen atoms in total. The van der Waals surface area contributed by atoms with Gasteiger partial charge in [0.1, 0.15) is 0 Å². The van der Waals surface area contributed by atoms with E-state index in [2.05, 4.69) is 10.0 Å². The van der Waals surface area contributed by atoms with Crippen molar-refractivity contribution in [3.8, 4) is 0 Å². The van der Waals surface area contributed by atoms with Gasteiger partial charge >= 0.3 is 0 Å². The van der Waals surface area contributed by atoms with E-state index in [1.165, 1.54) is 37.3 Å². The summed E-state index contributed by atoms with van der Waals surface area (Å²) in [5, 5.41) is 2.73. The smallest absolute Gasteiger partial charge is 0.261 e. The van der Waals surface area contributed by atoms with Gasteiger partial charge in [0, 0.05) is 23.4 Å². The van der Waals surface area contributed by atoms with Crippen molar-refractivity contribution >= 4 is 27.4 Å². The Balaban J connectivity index is 1.88. The molecule has 0 saturated heterocycles. The van der Waals surface area contributed by atoms with Crippen LogP contribution in [0.15, 0.2) is 47.4 Å². The Bertz CT molecular complexity index is 918. The largest absolute Gasteiger partial charge is 0.352 e. The lowest BCUT2D eigenvalue weighted by molar-refractivity contribution is 0.0945. The maximum absolute atomic E-state index is 12.4. The monoisotopic (exact) mass is 344 g/mol. The topological polar surface area (TPSA) is 92.3 Å². The van der Waals surface area contributed by atoms with Gasteiger partial charge < -0.3 is 5.32 Å². The van der Waals surface area contributed by atoms with Crippen LogP contribution in [-0.4, -0.2) is 26.7 Å². The second-order valence-electron chi connectivity index (χ2n) is 5.56. The van der Waals surface area contributed by atoms with Crippen molar-refractivity contribution in [1.29, 1.82) is 0 Å². The molecular weight excluding hydrogens is 328 g/mol. The summed E-state index contributed by atoms with van der Waals surface area (Å²) < 4.78 is 27.3. The molecule has 2 N–H and O–H groups in total. The molecule has 0 saturated carbocycles. The Hall–Kier alpha value is -2.67. The van der Waals surface area contributed by atoms with Gasteiger partial charge in [-0.3, -0.25) is 14.3 Å². The summed E-state index contributed by atoms with van der Waals surface area (Å²) >= 11 is 0. The summed E-state index contributed by atoms with van der Waals surface area (Å²) in [6.45, 7) is 2.00. The Labute approximate surface area is 139 Å². The van der Waals surface area contributed by atoms with E-state index in [4.69, 9.17) is 0 Å². The van der Waals surface area contributed by atoms with E-state index in [9.17, 15) is 18.0 Å². The number of carbonyl (C=O) groups excluding carboxylic acids is 2. The fourth-order valence-electron chi connectivity index (χ4n) is 2.56. The Morgan fingerprint density at radius 2 is 1.83 bits per heavy atom. The maximum Gasteiger partial charge on any atom is 0.261 e. The number of amides is 1. The molecule has 0 aliphatic carbocycles. The number of sulfonamides is 1. The van der Waals surface area contributed by atoms with E-state index < -0.39 is 10.0 Å². The number of anilines is 1. The quantitative estimate of drug-likeness (QED) is 0.830. The van der Waals surface area contributed by atoms with Crippen LogP contribution in [0.4, 0.5) is 5.69 Å². The SMILES string of the molecule is CC(=O)c1ccc(S(=O)(=O)Nc2ccc3c(c2)C(=O)NCC3)cc1. The number of fused-ring (bicyclic) bond motifs is 1. The van der Waals surface area contributed by atoms with Crippen LogP contribution in [0, 0.1) is 0 Å². The number of rotatable bonds is 4. The first-order chi connectivity index (χ1) is 11.4. The third kappa shape index (κ3) is 3.16. The molecule has 1 heterocycles. The molecule has 0 fully saturated rings. The van der Waals surface area contributed by atoms with E-state index >= 15 is 0 Å². The molecular formula is C17H16N2O4S. The number of hydrogen-bond donors (Lipinski definition) is 2. The highest BCUT2D eigenvalue weighted by Crippen LogP contribution is 2.22. The molecule has 0 radical (unpaired) electrons. The number of benzene rings is 2. The van der Waals surface area contributed by atoms with E-state index in [0.29, 0.717) is 23.4 Å². The lowest BCUT2D eigenvalue weighted by Gasteiger charge is -2.17. The molecule has 0 spiro atoms. The van der Waals surface area contributed by atoms with Gasteiger partial charge in [-0.15, -0.1) is 0 Å². The standard InChI is InChI=1S/C17H16N2O4S/c1-11(20)12-3-6-15(7-4-12)24(22,23)19-14-5-2-13-8-9-18-17(21)16(13)10-14/h2-7,10,19H,8-9H2,1H3,(H,18,21). The fraction of sp³-hybridized carbons (Fsp3) is 0.176. The number of nitrogens with one attached hydrogen (secondary N) is 2. The normalized spacial score (nSPS) is 13.8. The summed E-state index contributed by atoms with van der Waals surface area (Å²) in [6, 6.07) is 10.6. The maximum atomic E-state index is 12.4. The van der Waals surface area contributed by atoms with E-state index in [1.54, 1.807) is 12.1 Å². The zero-order chi connectivity index (χ0) is 17.3. The molecule has 2 aromatic carbocycles. The fourth-order valence-corrected chi connectivity index (χ4v) is 3.61. The van der Waals surface area contributed by atoms with Gasteiger partial charge in [0.25, 0.3) is 15.9 Å². The molecule has 1 amide bonds. The van der Waals surface area contributed by atoms with Gasteiger partial charge in [0.15, 0.2) is 5.78 Å². The molecule has 24 heavy (non-hydrogen) atoms. The third-order valence-electron chi connectivity index (χ3n) is 3.86. The molecule has 2 aromatic rings. The summed E-state index contributed by atoms with van der Waals surface area (Å²) in [6.07, 6.45) is 0.723. The van der Waals surface area contributed by atoms with Gasteiger partial charge in [-0.25, -0.2) is 8.42 Å². The predicted octanol–water partition coefficient (Wildman–Crippen LogP) is 1.98. The van der Waals surface area contributed by atoms with Gasteiger partial charge in [-0.2, -0.15) is 0 Å². The number of hydrogen-bond acceptors (Lipinski definition) is 4. The van der Waals surface area contributed by atoms with Crippen molar-refractivity contribution in [2.75, 3.05) is 11.3 Å². The zero-order valence-electron chi connectivity index (χ0n) is 13.0. The Morgan fingerprint density at radius 3 is 2.50 bits per heavy atom. The van der Waals surface area contributed by atoms with Crippen LogP contribution in [0.5, 0.6) is 0 Å². The summed E-state index contributed by atoms with van der Waals surface area (Å²) in [5.41, 5.74) is 2.14. The van der Waals surface area contributed by atoms with Crippen molar-refractivity contribution in [1.82, 2.24) is 5.32 Å². The molecule has 3 rings (SSSR count). The number of Topliss-reactive ketones (excluding diaryl/α,β-unsaturated/α-hetero) is 1. The minimum atomic E-state index is -3.79. The van der Waals surface area contributed by atoms with Crippen molar-refractivity contribution in [2.24, 2.45) is 0 Å². The number of ketones is 1. The van der Waals surface area contributed by atoms with Crippen LogP contribution in [0.25, 0.3) is 0 Å². The minimum absolute atomic E-state index is 0.0506. The minimum Gasteiger partial charge on any atom is -0.352 e. The van der Waals surface area contributed by atoms with E-state index in [-0.39, 0.29) is 16.6 Å². The summed E-state index contributed by atoms with van der Waals surface area (Å²) in [5.74, 6) is -0.337. The second kappa shape index (κ2) is 6.09. The Morgan fingerprint density at radius 1 is 1.12 bits per heavy atom. The van der Waals surface area contributed by atoms with Crippen LogP contribution in [-0.2, 0) is 16.4 Å². The molecule has 0 bridgehead atoms. The first-order valence-electron chi connectivity index (χ1n) is 7.42. The van der Waals surface area contributed by atoms with Crippen LogP contribution >= 0.6 is 0 Å². The zero-order valence-corrected chi connectivity index (χ0v) is 13.8. The molecule has 1 aliphatic heterocycles. The van der Waals surface area contributed by atoms with E-state index in [0.717, 1.165) is 12.0 Å². The van der Waals surface area contributed by atoms with Gasteiger partial charge in [-0.05, 0) is 43.2 Å².